The van der Waals surface area contributed by atoms with Crippen LogP contribution in [-0.4, -0.2) is 24.3 Å². The van der Waals surface area contributed by atoms with Gasteiger partial charge in [0.15, 0.2) is 11.6 Å². The third-order valence-electron chi connectivity index (χ3n) is 8.87. The average Bonchev–Trinajstić information content (AvgIpc) is 3.04. The van der Waals surface area contributed by atoms with Crippen LogP contribution < -0.4 is 9.47 Å². The first-order valence-electron chi connectivity index (χ1n) is 17.1. The van der Waals surface area contributed by atoms with Crippen molar-refractivity contribution in [2.45, 2.75) is 122 Å². The Morgan fingerprint density at radius 3 is 2.07 bits per heavy atom. The van der Waals surface area contributed by atoms with E-state index in [0.29, 0.717) is 18.8 Å². The summed E-state index contributed by atoms with van der Waals surface area (Å²) in [6, 6.07) is 12.2. The van der Waals surface area contributed by atoms with Crippen LogP contribution in [0.3, 0.4) is 0 Å². The number of aryl methyl sites for hydroxylation is 1. The number of carbonyl (C=O) groups excluding carboxylic acids is 1. The minimum absolute atomic E-state index is 0.0631. The van der Waals surface area contributed by atoms with Crippen LogP contribution in [0.1, 0.15) is 127 Å². The lowest BCUT2D eigenvalue weighted by Crippen LogP contribution is -2.15. The molecule has 0 saturated heterocycles. The zero-order valence-electron chi connectivity index (χ0n) is 27.0. The molecule has 2 aromatic rings. The Hall–Kier alpha value is -2.86. The summed E-state index contributed by atoms with van der Waals surface area (Å²) >= 11 is 0. The largest absolute Gasteiger partial charge is 0.494 e. The molecule has 5 nitrogen and oxygen atoms in total. The van der Waals surface area contributed by atoms with Crippen LogP contribution in [0, 0.1) is 17.7 Å². The number of carbonyl (C=O) groups is 1. The highest BCUT2D eigenvalue weighted by Crippen LogP contribution is 2.34. The van der Waals surface area contributed by atoms with Gasteiger partial charge in [0.1, 0.15) is 5.75 Å². The van der Waals surface area contributed by atoms with Crippen molar-refractivity contribution in [3.63, 3.8) is 0 Å². The molecule has 0 spiro atoms. The van der Waals surface area contributed by atoms with Gasteiger partial charge in [-0.2, -0.15) is 0 Å². The molecular weight excluding hydrogens is 555 g/mol. The number of halogens is 1. The number of esters is 1. The van der Waals surface area contributed by atoms with Crippen molar-refractivity contribution < 1.29 is 28.5 Å². The first-order chi connectivity index (χ1) is 21.5. The number of hydrogen-bond acceptors (Lipinski definition) is 5. The smallest absolute Gasteiger partial charge is 0.330 e. The van der Waals surface area contributed by atoms with Crippen LogP contribution in [-0.2, 0) is 16.0 Å². The van der Waals surface area contributed by atoms with Crippen LogP contribution in [0.25, 0.3) is 0 Å². The Morgan fingerprint density at radius 1 is 0.886 bits per heavy atom. The van der Waals surface area contributed by atoms with E-state index >= 15 is 0 Å². The Balaban J connectivity index is 1.25. The fourth-order valence-corrected chi connectivity index (χ4v) is 6.16. The van der Waals surface area contributed by atoms with Gasteiger partial charge in [0.2, 0.25) is 6.29 Å². The summed E-state index contributed by atoms with van der Waals surface area (Å²) in [6.45, 7) is 6.79. The van der Waals surface area contributed by atoms with Crippen molar-refractivity contribution in [3.05, 3.63) is 72.1 Å². The maximum absolute atomic E-state index is 14.8. The molecule has 1 aliphatic carbocycles. The predicted octanol–water partition coefficient (Wildman–Crippen LogP) is 10.1. The summed E-state index contributed by atoms with van der Waals surface area (Å²) in [5.74, 6) is 1.68. The van der Waals surface area contributed by atoms with Crippen LogP contribution >= 0.6 is 0 Å². The molecule has 1 fully saturated rings. The fourth-order valence-electron chi connectivity index (χ4n) is 6.16. The zero-order chi connectivity index (χ0) is 31.4. The molecule has 1 saturated carbocycles. The number of aliphatic hydroxyl groups excluding tert-OH is 1. The lowest BCUT2D eigenvalue weighted by Gasteiger charge is -2.28. The molecule has 1 atom stereocenters. The van der Waals surface area contributed by atoms with Gasteiger partial charge in [-0.1, -0.05) is 103 Å². The van der Waals surface area contributed by atoms with Crippen LogP contribution in [0.5, 0.6) is 11.5 Å². The van der Waals surface area contributed by atoms with E-state index in [1.54, 1.807) is 24.3 Å². The van der Waals surface area contributed by atoms with Crippen LogP contribution in [0.4, 0.5) is 4.39 Å². The van der Waals surface area contributed by atoms with E-state index in [0.717, 1.165) is 61.7 Å². The molecular formula is C38H55FO5. The van der Waals surface area contributed by atoms with Gasteiger partial charge < -0.3 is 19.3 Å². The summed E-state index contributed by atoms with van der Waals surface area (Å²) in [5, 5.41) is 10.6. The second kappa shape index (κ2) is 21.0. The number of rotatable bonds is 22. The molecule has 3 rings (SSSR count). The number of benzene rings is 2. The zero-order valence-corrected chi connectivity index (χ0v) is 27.0. The van der Waals surface area contributed by atoms with E-state index in [2.05, 4.69) is 13.5 Å². The second-order valence-electron chi connectivity index (χ2n) is 12.4. The van der Waals surface area contributed by atoms with Crippen molar-refractivity contribution in [2.24, 2.45) is 11.8 Å². The van der Waals surface area contributed by atoms with Gasteiger partial charge in [-0.25, -0.2) is 9.18 Å². The maximum Gasteiger partial charge on any atom is 0.330 e. The summed E-state index contributed by atoms with van der Waals surface area (Å²) in [5.41, 5.74) is 1.54. The molecule has 6 heteroatoms. The minimum atomic E-state index is -1.25. The lowest BCUT2D eigenvalue weighted by molar-refractivity contribution is -0.137. The molecule has 0 aliphatic heterocycles. The highest BCUT2D eigenvalue weighted by atomic mass is 19.1. The summed E-state index contributed by atoms with van der Waals surface area (Å²) < 4.78 is 31.2. The topological polar surface area (TPSA) is 65.0 Å². The van der Waals surface area contributed by atoms with Crippen molar-refractivity contribution >= 4 is 5.97 Å². The molecule has 2 aromatic carbocycles. The van der Waals surface area contributed by atoms with Gasteiger partial charge in [0.25, 0.3) is 0 Å². The fraction of sp³-hybridized carbons (Fsp3) is 0.605. The molecule has 0 radical (unpaired) electrons. The summed E-state index contributed by atoms with van der Waals surface area (Å²) in [7, 11) is 0. The Morgan fingerprint density at radius 2 is 1.48 bits per heavy atom. The van der Waals surface area contributed by atoms with Gasteiger partial charge in [-0.05, 0) is 79.5 Å². The van der Waals surface area contributed by atoms with Crippen LogP contribution in [0.15, 0.2) is 55.1 Å². The number of aliphatic hydroxyl groups is 1. The third kappa shape index (κ3) is 13.8. The van der Waals surface area contributed by atoms with Gasteiger partial charge in [0, 0.05) is 11.6 Å². The van der Waals surface area contributed by atoms with Gasteiger partial charge >= 0.3 is 5.97 Å². The standard InChI is InChI=1S/C38H55FO5/c1-3-14-30-15-17-31(18-16-30)19-20-32-21-26-36(35(39)29-32)44-38(41)33-22-24-34(25-23-33)42-27-12-10-8-6-5-7-9-11-13-28-43-37(40)4-2/h4,21-26,29-31,38,41H,2-3,5-20,27-28H2,1H3. The molecule has 0 bridgehead atoms. The first-order valence-corrected chi connectivity index (χ1v) is 17.1. The molecule has 0 amide bonds. The van der Waals surface area contributed by atoms with Crippen molar-refractivity contribution in [1.29, 1.82) is 0 Å². The minimum Gasteiger partial charge on any atom is -0.494 e. The molecule has 1 unspecified atom stereocenters. The second-order valence-corrected chi connectivity index (χ2v) is 12.4. The van der Waals surface area contributed by atoms with E-state index in [1.165, 1.54) is 76.7 Å². The molecule has 44 heavy (non-hydrogen) atoms. The van der Waals surface area contributed by atoms with E-state index in [4.69, 9.17) is 14.2 Å². The number of hydrogen-bond donors (Lipinski definition) is 1. The Bertz CT molecular complexity index is 1080. The van der Waals surface area contributed by atoms with Gasteiger partial charge in [-0.3, -0.25) is 0 Å². The molecule has 0 heterocycles. The third-order valence-corrected chi connectivity index (χ3v) is 8.87. The lowest BCUT2D eigenvalue weighted by atomic mass is 9.78. The molecule has 1 N–H and O–H groups in total. The Kier molecular flexibility index (Phi) is 17.0. The van der Waals surface area contributed by atoms with Gasteiger partial charge in [0.05, 0.1) is 13.2 Å². The number of unbranched alkanes of at least 4 members (excludes halogenated alkanes) is 8. The first kappa shape index (κ1) is 35.6. The predicted molar refractivity (Wildman–Crippen MR) is 175 cm³/mol. The highest BCUT2D eigenvalue weighted by molar-refractivity contribution is 5.81. The van der Waals surface area contributed by atoms with Gasteiger partial charge in [-0.15, -0.1) is 0 Å². The normalized spacial score (nSPS) is 17.2. The summed E-state index contributed by atoms with van der Waals surface area (Å²) in [4.78, 5) is 11.0. The Labute approximate surface area is 265 Å². The summed E-state index contributed by atoms with van der Waals surface area (Å²) in [6.07, 6.45) is 20.0. The van der Waals surface area contributed by atoms with Crippen molar-refractivity contribution in [1.82, 2.24) is 0 Å². The van der Waals surface area contributed by atoms with E-state index in [-0.39, 0.29) is 11.7 Å². The van der Waals surface area contributed by atoms with E-state index in [1.807, 2.05) is 18.2 Å². The molecule has 0 aromatic heterocycles. The quantitative estimate of drug-likeness (QED) is 0.0622. The SMILES string of the molecule is C=CC(=O)OCCCCCCCCCCCOc1ccc(C(O)Oc2ccc(CCC3CCC(CCC)CC3)cc2F)cc1. The highest BCUT2D eigenvalue weighted by Gasteiger charge is 2.20. The molecule has 244 valence electrons. The monoisotopic (exact) mass is 610 g/mol. The van der Waals surface area contributed by atoms with Crippen molar-refractivity contribution in [2.75, 3.05) is 13.2 Å². The average molecular weight is 611 g/mol. The van der Waals surface area contributed by atoms with E-state index < -0.39 is 12.1 Å². The molecule has 1 aliphatic rings. The van der Waals surface area contributed by atoms with Crippen LogP contribution in [0.2, 0.25) is 0 Å². The van der Waals surface area contributed by atoms with Crippen molar-refractivity contribution in [3.8, 4) is 11.5 Å². The van der Waals surface area contributed by atoms with E-state index in [9.17, 15) is 14.3 Å². The number of ether oxygens (including phenoxy) is 3. The maximum atomic E-state index is 14.8.